The van der Waals surface area contributed by atoms with Gasteiger partial charge in [0.15, 0.2) is 5.75 Å². The topological polar surface area (TPSA) is 64.4 Å². The van der Waals surface area contributed by atoms with Crippen LogP contribution in [-0.4, -0.2) is 18.5 Å². The van der Waals surface area contributed by atoms with Crippen LogP contribution < -0.4 is 10.1 Å². The van der Waals surface area contributed by atoms with Gasteiger partial charge in [-0.25, -0.2) is 0 Å². The Labute approximate surface area is 134 Å². The van der Waals surface area contributed by atoms with Crippen LogP contribution in [0.25, 0.3) is 0 Å². The first kappa shape index (κ1) is 16.3. The lowest BCUT2D eigenvalue weighted by Crippen LogP contribution is -2.16. The largest absolute Gasteiger partial charge is 0.479 e. The molecule has 0 saturated heterocycles. The van der Waals surface area contributed by atoms with Crippen molar-refractivity contribution >= 4 is 17.3 Å². The molecule has 2 rings (SSSR count). The molecule has 0 unspecified atom stereocenters. The second kappa shape index (κ2) is 7.77. The molecule has 1 N–H and O–H groups in total. The maximum atomic E-state index is 11.1. The van der Waals surface area contributed by atoms with Crippen molar-refractivity contribution in [2.75, 3.05) is 13.6 Å². The molecule has 0 aromatic heterocycles. The van der Waals surface area contributed by atoms with Gasteiger partial charge >= 0.3 is 5.69 Å². The summed E-state index contributed by atoms with van der Waals surface area (Å²) < 4.78 is 5.91. The summed E-state index contributed by atoms with van der Waals surface area (Å²) in [5, 5.41) is 14.6. The fraction of sp³-hybridized carbons (Fsp3) is 0.250. The first-order valence-electron chi connectivity index (χ1n) is 6.92. The fourth-order valence-electron chi connectivity index (χ4n) is 2.12. The fourth-order valence-corrected chi connectivity index (χ4v) is 2.29. The maximum absolute atomic E-state index is 11.1. The quantitative estimate of drug-likeness (QED) is 0.619. The predicted octanol–water partition coefficient (Wildman–Crippen LogP) is 3.98. The van der Waals surface area contributed by atoms with E-state index in [4.69, 9.17) is 16.3 Å². The van der Waals surface area contributed by atoms with Crippen LogP contribution in [0.4, 0.5) is 5.69 Å². The zero-order valence-electron chi connectivity index (χ0n) is 12.2. The standard InChI is InChI=1S/C16H17ClN2O3/c1-18-10-9-15(12-5-3-2-4-6-12)22-16-11-13(17)7-8-14(16)19(20)21/h2-8,11,15,18H,9-10H2,1H3/t15-/m1/s1. The number of hydrogen-bond donors (Lipinski definition) is 1. The van der Waals surface area contributed by atoms with E-state index in [1.165, 1.54) is 18.2 Å². The zero-order chi connectivity index (χ0) is 15.9. The van der Waals surface area contributed by atoms with Crippen molar-refractivity contribution in [1.82, 2.24) is 5.32 Å². The first-order valence-corrected chi connectivity index (χ1v) is 7.29. The van der Waals surface area contributed by atoms with Crippen LogP contribution in [0.5, 0.6) is 5.75 Å². The minimum absolute atomic E-state index is 0.0882. The van der Waals surface area contributed by atoms with Crippen molar-refractivity contribution in [3.8, 4) is 5.75 Å². The van der Waals surface area contributed by atoms with Crippen LogP contribution in [-0.2, 0) is 0 Å². The van der Waals surface area contributed by atoms with Crippen molar-refractivity contribution in [2.24, 2.45) is 0 Å². The van der Waals surface area contributed by atoms with Gasteiger partial charge in [0, 0.05) is 23.6 Å². The first-order chi connectivity index (χ1) is 10.6. The molecule has 0 amide bonds. The number of hydrogen-bond acceptors (Lipinski definition) is 4. The van der Waals surface area contributed by atoms with Crippen molar-refractivity contribution in [2.45, 2.75) is 12.5 Å². The Morgan fingerprint density at radius 1 is 1.27 bits per heavy atom. The van der Waals surface area contributed by atoms with Gasteiger partial charge in [-0.05, 0) is 25.2 Å². The lowest BCUT2D eigenvalue weighted by Gasteiger charge is -2.19. The van der Waals surface area contributed by atoms with E-state index in [9.17, 15) is 10.1 Å². The molecule has 2 aromatic rings. The smallest absolute Gasteiger partial charge is 0.311 e. The number of nitrogens with one attached hydrogen (secondary N) is 1. The summed E-state index contributed by atoms with van der Waals surface area (Å²) in [5.41, 5.74) is 0.877. The lowest BCUT2D eigenvalue weighted by molar-refractivity contribution is -0.386. The number of rotatable bonds is 7. The van der Waals surface area contributed by atoms with E-state index in [2.05, 4.69) is 5.32 Å². The van der Waals surface area contributed by atoms with Crippen LogP contribution in [0.2, 0.25) is 5.02 Å². The third-order valence-corrected chi connectivity index (χ3v) is 3.45. The SMILES string of the molecule is CNCC[C@@H](Oc1cc(Cl)ccc1[N+](=O)[O-])c1ccccc1. The molecule has 0 spiro atoms. The summed E-state index contributed by atoms with van der Waals surface area (Å²) in [6.45, 7) is 0.730. The highest BCUT2D eigenvalue weighted by Crippen LogP contribution is 2.34. The minimum Gasteiger partial charge on any atom is -0.479 e. The Morgan fingerprint density at radius 2 is 2.00 bits per heavy atom. The van der Waals surface area contributed by atoms with Gasteiger partial charge in [0.2, 0.25) is 0 Å². The highest BCUT2D eigenvalue weighted by atomic mass is 35.5. The number of benzene rings is 2. The normalized spacial score (nSPS) is 11.9. The third-order valence-electron chi connectivity index (χ3n) is 3.22. The van der Waals surface area contributed by atoms with Gasteiger partial charge in [-0.2, -0.15) is 0 Å². The Bertz CT molecular complexity index is 635. The van der Waals surface area contributed by atoms with Crippen LogP contribution >= 0.6 is 11.6 Å². The average Bonchev–Trinajstić information content (AvgIpc) is 2.52. The second-order valence-corrected chi connectivity index (χ2v) is 5.21. The summed E-state index contributed by atoms with van der Waals surface area (Å²) in [4.78, 5) is 10.7. The van der Waals surface area contributed by atoms with Gasteiger partial charge in [-0.3, -0.25) is 10.1 Å². The van der Waals surface area contributed by atoms with Crippen LogP contribution in [0.1, 0.15) is 18.1 Å². The molecule has 1 atom stereocenters. The second-order valence-electron chi connectivity index (χ2n) is 4.78. The highest BCUT2D eigenvalue weighted by molar-refractivity contribution is 6.30. The molecule has 0 saturated carbocycles. The molecule has 0 radical (unpaired) electrons. The summed E-state index contributed by atoms with van der Waals surface area (Å²) in [5.74, 6) is 0.183. The summed E-state index contributed by atoms with van der Waals surface area (Å²) >= 11 is 5.94. The van der Waals surface area contributed by atoms with Gasteiger partial charge in [0.1, 0.15) is 6.10 Å². The summed E-state index contributed by atoms with van der Waals surface area (Å²) in [6.07, 6.45) is 0.398. The number of ether oxygens (including phenoxy) is 1. The van der Waals surface area contributed by atoms with Crippen LogP contribution in [0, 0.1) is 10.1 Å². The molecule has 0 aliphatic rings. The van der Waals surface area contributed by atoms with Gasteiger partial charge in [-0.15, -0.1) is 0 Å². The van der Waals surface area contributed by atoms with Gasteiger partial charge in [0.05, 0.1) is 4.92 Å². The van der Waals surface area contributed by atoms with Gasteiger partial charge in [0.25, 0.3) is 0 Å². The predicted molar refractivity (Wildman–Crippen MR) is 86.5 cm³/mol. The Morgan fingerprint density at radius 3 is 2.64 bits per heavy atom. The molecule has 0 bridgehead atoms. The average molecular weight is 321 g/mol. The van der Waals surface area contributed by atoms with E-state index >= 15 is 0 Å². The zero-order valence-corrected chi connectivity index (χ0v) is 12.9. The summed E-state index contributed by atoms with van der Waals surface area (Å²) in [7, 11) is 1.85. The van der Waals surface area contributed by atoms with Crippen molar-refractivity contribution in [1.29, 1.82) is 0 Å². The van der Waals surface area contributed by atoms with Crippen molar-refractivity contribution in [3.63, 3.8) is 0 Å². The third kappa shape index (κ3) is 4.19. The minimum atomic E-state index is -0.466. The van der Waals surface area contributed by atoms with E-state index in [1.807, 2.05) is 37.4 Å². The molecule has 22 heavy (non-hydrogen) atoms. The molecule has 6 heteroatoms. The maximum Gasteiger partial charge on any atom is 0.311 e. The summed E-state index contributed by atoms with van der Waals surface area (Å²) in [6, 6.07) is 14.0. The lowest BCUT2D eigenvalue weighted by atomic mass is 10.1. The number of halogens is 1. The molecule has 116 valence electrons. The number of nitro benzene ring substituents is 1. The molecule has 2 aromatic carbocycles. The molecular weight excluding hydrogens is 304 g/mol. The molecule has 5 nitrogen and oxygen atoms in total. The van der Waals surface area contributed by atoms with Crippen molar-refractivity contribution < 1.29 is 9.66 Å². The van der Waals surface area contributed by atoms with E-state index in [-0.39, 0.29) is 17.5 Å². The Hall–Kier alpha value is -2.11. The van der Waals surface area contributed by atoms with E-state index < -0.39 is 4.92 Å². The molecule has 0 fully saturated rings. The van der Waals surface area contributed by atoms with Crippen LogP contribution in [0.3, 0.4) is 0 Å². The van der Waals surface area contributed by atoms with Crippen LogP contribution in [0.15, 0.2) is 48.5 Å². The number of nitrogens with zero attached hydrogens (tertiary/aromatic N) is 1. The highest BCUT2D eigenvalue weighted by Gasteiger charge is 2.20. The molecule has 0 aliphatic heterocycles. The number of nitro groups is 1. The van der Waals surface area contributed by atoms with Crippen molar-refractivity contribution in [3.05, 3.63) is 69.2 Å². The van der Waals surface area contributed by atoms with E-state index in [0.717, 1.165) is 12.1 Å². The van der Waals surface area contributed by atoms with E-state index in [0.29, 0.717) is 11.4 Å². The van der Waals surface area contributed by atoms with E-state index in [1.54, 1.807) is 0 Å². The molecular formula is C16H17ClN2O3. The van der Waals surface area contributed by atoms with Gasteiger partial charge < -0.3 is 10.1 Å². The monoisotopic (exact) mass is 320 g/mol. The Kier molecular flexibility index (Phi) is 5.75. The molecule has 0 heterocycles. The van der Waals surface area contributed by atoms with Gasteiger partial charge in [-0.1, -0.05) is 41.9 Å². The Balaban J connectivity index is 2.31. The molecule has 0 aliphatic carbocycles.